The number of carbonyl (C=O) groups is 2. The number of ether oxygens (including phenoxy) is 1. The summed E-state index contributed by atoms with van der Waals surface area (Å²) in [6, 6.07) is 15.6. The second kappa shape index (κ2) is 8.54. The number of fused-ring (bicyclic) bond motifs is 2. The van der Waals surface area contributed by atoms with Crippen LogP contribution in [0.3, 0.4) is 0 Å². The van der Waals surface area contributed by atoms with Crippen LogP contribution in [0.25, 0.3) is 11.0 Å². The second-order valence-corrected chi connectivity index (χ2v) is 9.10. The van der Waals surface area contributed by atoms with Crippen molar-refractivity contribution in [3.63, 3.8) is 0 Å². The number of aryl methyl sites for hydroxylation is 1. The number of nitrogens with one attached hydrogen (secondary N) is 1. The Balaban J connectivity index is 1.39. The van der Waals surface area contributed by atoms with Crippen LogP contribution in [-0.2, 0) is 16.1 Å². The summed E-state index contributed by atoms with van der Waals surface area (Å²) in [4.78, 5) is 32.2. The maximum absolute atomic E-state index is 13.2. The van der Waals surface area contributed by atoms with Gasteiger partial charge in [-0.2, -0.15) is 0 Å². The minimum Gasteiger partial charge on any atom is -0.487 e. The monoisotopic (exact) mass is 446 g/mol. The standard InChI is InChI=1S/C26H30N4O3/c1-3-29-15-14-26(13-12-25(29)32)16-21(19-8-4-7-11-23(19)33-26)28-24(31)17-30-18(2)27-20-9-5-6-10-22(20)30/h4-11,21H,3,12-17H2,1-2H3,(H,28,31)/t21-,26+/m1/s1. The molecule has 0 saturated carbocycles. The number of benzene rings is 2. The van der Waals surface area contributed by atoms with Gasteiger partial charge in [0.05, 0.1) is 17.1 Å². The summed E-state index contributed by atoms with van der Waals surface area (Å²) in [7, 11) is 0. The highest BCUT2D eigenvalue weighted by Crippen LogP contribution is 2.44. The predicted octanol–water partition coefficient (Wildman–Crippen LogP) is 3.76. The maximum atomic E-state index is 13.2. The Kier molecular flexibility index (Phi) is 5.56. The van der Waals surface area contributed by atoms with Crippen molar-refractivity contribution < 1.29 is 14.3 Å². The van der Waals surface area contributed by atoms with Gasteiger partial charge < -0.3 is 19.5 Å². The number of hydrogen-bond donors (Lipinski definition) is 1. The first-order chi connectivity index (χ1) is 16.0. The highest BCUT2D eigenvalue weighted by molar-refractivity contribution is 5.81. The Hall–Kier alpha value is -3.35. The zero-order chi connectivity index (χ0) is 23.0. The van der Waals surface area contributed by atoms with Crippen LogP contribution < -0.4 is 10.1 Å². The predicted molar refractivity (Wildman–Crippen MR) is 126 cm³/mol. The molecule has 1 fully saturated rings. The van der Waals surface area contributed by atoms with E-state index in [0.717, 1.165) is 34.6 Å². The van der Waals surface area contributed by atoms with Crippen molar-refractivity contribution in [2.24, 2.45) is 0 Å². The average Bonchev–Trinajstić information content (AvgIpc) is 3.04. The number of hydrogen-bond acceptors (Lipinski definition) is 4. The molecule has 1 N–H and O–H groups in total. The van der Waals surface area contributed by atoms with Crippen molar-refractivity contribution in [1.82, 2.24) is 19.8 Å². The topological polar surface area (TPSA) is 76.5 Å². The Bertz CT molecular complexity index is 1200. The number of nitrogens with zero attached hydrogens (tertiary/aromatic N) is 3. The molecule has 3 aromatic rings. The lowest BCUT2D eigenvalue weighted by molar-refractivity contribution is -0.130. The molecule has 1 aromatic heterocycles. The third-order valence-corrected chi connectivity index (χ3v) is 7.05. The number of likely N-dealkylation sites (tertiary alicyclic amines) is 1. The fourth-order valence-electron chi connectivity index (χ4n) is 5.25. The van der Waals surface area contributed by atoms with Gasteiger partial charge in [-0.3, -0.25) is 9.59 Å². The average molecular weight is 447 g/mol. The van der Waals surface area contributed by atoms with Crippen molar-refractivity contribution in [3.05, 3.63) is 59.9 Å². The van der Waals surface area contributed by atoms with Gasteiger partial charge in [-0.15, -0.1) is 0 Å². The molecule has 0 bridgehead atoms. The highest BCUT2D eigenvalue weighted by Gasteiger charge is 2.43. The van der Waals surface area contributed by atoms with Crippen LogP contribution in [0.15, 0.2) is 48.5 Å². The van der Waals surface area contributed by atoms with E-state index in [1.165, 1.54) is 0 Å². The molecule has 0 unspecified atom stereocenters. The summed E-state index contributed by atoms with van der Waals surface area (Å²) in [5.74, 6) is 1.74. The van der Waals surface area contributed by atoms with E-state index in [4.69, 9.17) is 4.74 Å². The van der Waals surface area contributed by atoms with E-state index in [1.807, 2.05) is 71.8 Å². The SMILES string of the molecule is CCN1CC[C@@]2(CCC1=O)C[C@@H](NC(=O)Cn1c(C)nc3ccccc31)c1ccccc1O2. The molecule has 172 valence electrons. The first-order valence-corrected chi connectivity index (χ1v) is 11.7. The zero-order valence-corrected chi connectivity index (χ0v) is 19.2. The minimum absolute atomic E-state index is 0.0574. The Labute approximate surface area is 193 Å². The van der Waals surface area contributed by atoms with Gasteiger partial charge in [0.2, 0.25) is 11.8 Å². The first kappa shape index (κ1) is 21.5. The van der Waals surface area contributed by atoms with Gasteiger partial charge >= 0.3 is 0 Å². The van der Waals surface area contributed by atoms with E-state index < -0.39 is 5.60 Å². The molecule has 7 heteroatoms. The van der Waals surface area contributed by atoms with Gasteiger partial charge in [0.1, 0.15) is 23.7 Å². The molecule has 2 aromatic carbocycles. The molecule has 3 heterocycles. The van der Waals surface area contributed by atoms with Gasteiger partial charge in [-0.25, -0.2) is 4.98 Å². The molecule has 33 heavy (non-hydrogen) atoms. The number of carbonyl (C=O) groups excluding carboxylic acids is 2. The number of imidazole rings is 1. The van der Waals surface area contributed by atoms with Crippen molar-refractivity contribution in [1.29, 1.82) is 0 Å². The summed E-state index contributed by atoms with van der Waals surface area (Å²) in [6.07, 6.45) is 2.55. The molecule has 2 aliphatic rings. The van der Waals surface area contributed by atoms with E-state index in [1.54, 1.807) is 0 Å². The van der Waals surface area contributed by atoms with Gasteiger partial charge in [0.25, 0.3) is 0 Å². The lowest BCUT2D eigenvalue weighted by Crippen LogP contribution is -2.46. The van der Waals surface area contributed by atoms with Crippen LogP contribution >= 0.6 is 0 Å². The van der Waals surface area contributed by atoms with Gasteiger partial charge in [-0.1, -0.05) is 30.3 Å². The number of rotatable bonds is 4. The van der Waals surface area contributed by atoms with Crippen LogP contribution in [0.4, 0.5) is 0 Å². The number of aromatic nitrogens is 2. The van der Waals surface area contributed by atoms with E-state index >= 15 is 0 Å². The van der Waals surface area contributed by atoms with Crippen molar-refractivity contribution in [2.75, 3.05) is 13.1 Å². The van der Waals surface area contributed by atoms with Crippen LogP contribution in [0, 0.1) is 6.92 Å². The summed E-state index contributed by atoms with van der Waals surface area (Å²) >= 11 is 0. The smallest absolute Gasteiger partial charge is 0.240 e. The molecule has 2 aliphatic heterocycles. The second-order valence-electron chi connectivity index (χ2n) is 9.10. The van der Waals surface area contributed by atoms with Gasteiger partial charge in [-0.05, 0) is 38.5 Å². The highest BCUT2D eigenvalue weighted by atomic mass is 16.5. The van der Waals surface area contributed by atoms with Crippen LogP contribution in [0.5, 0.6) is 5.75 Å². The van der Waals surface area contributed by atoms with E-state index in [9.17, 15) is 9.59 Å². The molecule has 1 saturated heterocycles. The summed E-state index contributed by atoms with van der Waals surface area (Å²) in [5.41, 5.74) is 2.38. The lowest BCUT2D eigenvalue weighted by Gasteiger charge is -2.42. The molecular weight excluding hydrogens is 416 g/mol. The lowest BCUT2D eigenvalue weighted by atomic mass is 9.82. The summed E-state index contributed by atoms with van der Waals surface area (Å²) in [5, 5.41) is 3.27. The largest absolute Gasteiger partial charge is 0.487 e. The molecule has 2 amide bonds. The Morgan fingerprint density at radius 2 is 1.97 bits per heavy atom. The molecule has 0 radical (unpaired) electrons. The molecular formula is C26H30N4O3. The first-order valence-electron chi connectivity index (χ1n) is 11.7. The van der Waals surface area contributed by atoms with Gasteiger partial charge in [0.15, 0.2) is 0 Å². The third kappa shape index (κ3) is 4.08. The maximum Gasteiger partial charge on any atom is 0.240 e. The van der Waals surface area contributed by atoms with E-state index in [-0.39, 0.29) is 24.4 Å². The summed E-state index contributed by atoms with van der Waals surface area (Å²) in [6.45, 7) is 5.54. The van der Waals surface area contributed by atoms with Crippen LogP contribution in [0.2, 0.25) is 0 Å². The third-order valence-electron chi connectivity index (χ3n) is 7.05. The normalized spacial score (nSPS) is 22.7. The van der Waals surface area contributed by atoms with Crippen molar-refractivity contribution in [3.8, 4) is 5.75 Å². The fourth-order valence-corrected chi connectivity index (χ4v) is 5.25. The minimum atomic E-state index is -0.455. The zero-order valence-electron chi connectivity index (χ0n) is 19.2. The summed E-state index contributed by atoms with van der Waals surface area (Å²) < 4.78 is 8.48. The molecule has 5 rings (SSSR count). The number of para-hydroxylation sites is 3. The Morgan fingerprint density at radius 3 is 2.82 bits per heavy atom. The molecule has 2 atom stereocenters. The van der Waals surface area contributed by atoms with E-state index in [0.29, 0.717) is 32.4 Å². The molecule has 7 nitrogen and oxygen atoms in total. The Morgan fingerprint density at radius 1 is 1.18 bits per heavy atom. The van der Waals surface area contributed by atoms with Gasteiger partial charge in [0, 0.05) is 37.9 Å². The van der Waals surface area contributed by atoms with Crippen molar-refractivity contribution in [2.45, 2.75) is 57.7 Å². The van der Waals surface area contributed by atoms with Crippen molar-refractivity contribution >= 4 is 22.8 Å². The van der Waals surface area contributed by atoms with Crippen LogP contribution in [0.1, 0.15) is 50.0 Å². The molecule has 0 aliphatic carbocycles. The van der Waals surface area contributed by atoms with E-state index in [2.05, 4.69) is 10.3 Å². The quantitative estimate of drug-likeness (QED) is 0.662. The van der Waals surface area contributed by atoms with Crippen LogP contribution in [-0.4, -0.2) is 45.0 Å². The number of amides is 2. The fraction of sp³-hybridized carbons (Fsp3) is 0.423. The molecule has 1 spiro atoms.